The zero-order chi connectivity index (χ0) is 14.8. The van der Waals surface area contributed by atoms with Crippen molar-refractivity contribution in [3.8, 4) is 11.5 Å². The highest BCUT2D eigenvalue weighted by molar-refractivity contribution is 7.10. The number of hydrogen-bond donors (Lipinski definition) is 2. The Morgan fingerprint density at radius 3 is 2.95 bits per heavy atom. The largest absolute Gasteiger partial charge is 0.454 e. The van der Waals surface area contributed by atoms with Gasteiger partial charge in [-0.05, 0) is 42.1 Å². The third-order valence-electron chi connectivity index (χ3n) is 3.30. The van der Waals surface area contributed by atoms with Gasteiger partial charge in [-0.2, -0.15) is 0 Å². The lowest BCUT2D eigenvalue weighted by molar-refractivity contribution is 0.0917. The molecule has 6 heteroatoms. The van der Waals surface area contributed by atoms with E-state index in [0.717, 1.165) is 10.4 Å². The minimum absolute atomic E-state index is 0.175. The van der Waals surface area contributed by atoms with Gasteiger partial charge in [-0.3, -0.25) is 4.79 Å². The highest BCUT2D eigenvalue weighted by atomic mass is 32.1. The zero-order valence-electron chi connectivity index (χ0n) is 11.5. The van der Waals surface area contributed by atoms with Crippen molar-refractivity contribution in [1.29, 1.82) is 0 Å². The molecule has 2 heterocycles. The number of nitrogens with one attached hydrogen (secondary N) is 1. The molecule has 1 aliphatic heterocycles. The Morgan fingerprint density at radius 2 is 2.19 bits per heavy atom. The van der Waals surface area contributed by atoms with Crippen LogP contribution in [0.2, 0.25) is 0 Å². The van der Waals surface area contributed by atoms with Crippen molar-refractivity contribution in [1.82, 2.24) is 5.32 Å². The lowest BCUT2D eigenvalue weighted by Crippen LogP contribution is -2.28. The first-order valence-electron chi connectivity index (χ1n) is 6.55. The van der Waals surface area contributed by atoms with Crippen molar-refractivity contribution in [2.24, 2.45) is 0 Å². The van der Waals surface area contributed by atoms with Gasteiger partial charge in [0.05, 0.1) is 0 Å². The van der Waals surface area contributed by atoms with Crippen molar-refractivity contribution in [2.45, 2.75) is 13.0 Å². The van der Waals surface area contributed by atoms with Crippen LogP contribution in [0.5, 0.6) is 11.5 Å². The number of amides is 1. The Labute approximate surface area is 126 Å². The van der Waals surface area contributed by atoms with Gasteiger partial charge in [0.1, 0.15) is 6.10 Å². The van der Waals surface area contributed by atoms with E-state index in [1.54, 1.807) is 18.2 Å². The summed E-state index contributed by atoms with van der Waals surface area (Å²) in [5, 5.41) is 14.7. The molecule has 0 unspecified atom stereocenters. The molecule has 3 rings (SSSR count). The molecule has 0 bridgehead atoms. The van der Waals surface area contributed by atoms with Crippen LogP contribution in [-0.2, 0) is 0 Å². The Hall–Kier alpha value is -2.05. The van der Waals surface area contributed by atoms with Crippen LogP contribution < -0.4 is 14.8 Å². The van der Waals surface area contributed by atoms with Crippen molar-refractivity contribution < 1.29 is 19.4 Å². The Balaban J connectivity index is 1.63. The molecule has 1 aromatic heterocycles. The molecule has 1 aromatic carbocycles. The second kappa shape index (κ2) is 5.75. The van der Waals surface area contributed by atoms with E-state index >= 15 is 0 Å². The first-order chi connectivity index (χ1) is 10.1. The van der Waals surface area contributed by atoms with Gasteiger partial charge in [0, 0.05) is 17.0 Å². The lowest BCUT2D eigenvalue weighted by Gasteiger charge is -2.11. The van der Waals surface area contributed by atoms with Gasteiger partial charge in [-0.15, -0.1) is 11.3 Å². The molecule has 2 aromatic rings. The maximum Gasteiger partial charge on any atom is 0.251 e. The first-order valence-corrected chi connectivity index (χ1v) is 7.43. The van der Waals surface area contributed by atoms with Crippen LogP contribution in [0.25, 0.3) is 0 Å². The van der Waals surface area contributed by atoms with E-state index < -0.39 is 6.10 Å². The summed E-state index contributed by atoms with van der Waals surface area (Å²) in [5.74, 6) is 0.958. The van der Waals surface area contributed by atoms with Crippen LogP contribution in [0, 0.1) is 6.92 Å². The van der Waals surface area contributed by atoms with E-state index in [2.05, 4.69) is 5.32 Å². The number of aryl methyl sites for hydroxylation is 1. The SMILES string of the molecule is Cc1ccsc1[C@H](O)CNC(=O)c1ccc2c(c1)OCO2. The van der Waals surface area contributed by atoms with Crippen LogP contribution in [0.15, 0.2) is 29.6 Å². The van der Waals surface area contributed by atoms with Gasteiger partial charge >= 0.3 is 0 Å². The van der Waals surface area contributed by atoms with Crippen LogP contribution in [0.1, 0.15) is 26.9 Å². The lowest BCUT2D eigenvalue weighted by atomic mass is 10.1. The van der Waals surface area contributed by atoms with Crippen molar-refractivity contribution in [3.63, 3.8) is 0 Å². The summed E-state index contributed by atoms with van der Waals surface area (Å²) < 4.78 is 10.4. The number of carbonyl (C=O) groups is 1. The second-order valence-electron chi connectivity index (χ2n) is 4.76. The maximum atomic E-state index is 12.1. The van der Waals surface area contributed by atoms with Crippen molar-refractivity contribution >= 4 is 17.2 Å². The number of thiophene rings is 1. The number of rotatable bonds is 4. The number of carbonyl (C=O) groups excluding carboxylic acids is 1. The molecule has 1 amide bonds. The predicted octanol–water partition coefficient (Wildman–Crippen LogP) is 2.25. The van der Waals surface area contributed by atoms with Gasteiger partial charge in [-0.25, -0.2) is 0 Å². The molecular formula is C15H15NO4S. The summed E-state index contributed by atoms with van der Waals surface area (Å²) in [4.78, 5) is 13.0. The number of hydrogen-bond acceptors (Lipinski definition) is 5. The molecule has 0 radical (unpaired) electrons. The van der Waals surface area contributed by atoms with Crippen molar-refractivity contribution in [3.05, 3.63) is 45.6 Å². The first kappa shape index (κ1) is 13.9. The number of fused-ring (bicyclic) bond motifs is 1. The summed E-state index contributed by atoms with van der Waals surface area (Å²) in [6, 6.07) is 6.96. The topological polar surface area (TPSA) is 67.8 Å². The third kappa shape index (κ3) is 2.86. The van der Waals surface area contributed by atoms with E-state index in [-0.39, 0.29) is 19.2 Å². The van der Waals surface area contributed by atoms with Crippen LogP contribution in [0.4, 0.5) is 0 Å². The summed E-state index contributed by atoms with van der Waals surface area (Å²) in [5.41, 5.74) is 1.51. The monoisotopic (exact) mass is 305 g/mol. The molecule has 110 valence electrons. The fourth-order valence-corrected chi connectivity index (χ4v) is 3.06. The molecule has 0 fully saturated rings. The number of ether oxygens (including phenoxy) is 2. The Bertz CT molecular complexity index is 667. The van der Waals surface area contributed by atoms with Gasteiger partial charge in [0.15, 0.2) is 11.5 Å². The standard InChI is InChI=1S/C15H15NO4S/c1-9-4-5-21-14(9)11(17)7-16-15(18)10-2-3-12-13(6-10)20-8-19-12/h2-6,11,17H,7-8H2,1H3,(H,16,18)/t11-/m1/s1. The minimum atomic E-state index is -0.692. The fraction of sp³-hybridized carbons (Fsp3) is 0.267. The summed E-state index contributed by atoms with van der Waals surface area (Å²) in [6.45, 7) is 2.29. The number of aliphatic hydroxyl groups excluding tert-OH is 1. The van der Waals surface area contributed by atoms with E-state index in [4.69, 9.17) is 9.47 Å². The van der Waals surface area contributed by atoms with Gasteiger partial charge in [0.25, 0.3) is 5.91 Å². The zero-order valence-corrected chi connectivity index (χ0v) is 12.3. The average Bonchev–Trinajstić information content (AvgIpc) is 3.11. The minimum Gasteiger partial charge on any atom is -0.454 e. The van der Waals surface area contributed by atoms with Gasteiger partial charge in [0.2, 0.25) is 6.79 Å². The molecule has 0 saturated heterocycles. The molecule has 1 aliphatic rings. The molecule has 1 atom stereocenters. The molecular weight excluding hydrogens is 290 g/mol. The molecule has 0 aliphatic carbocycles. The van der Waals surface area contributed by atoms with Crippen LogP contribution >= 0.6 is 11.3 Å². The highest BCUT2D eigenvalue weighted by Gasteiger charge is 2.17. The smallest absolute Gasteiger partial charge is 0.251 e. The van der Waals surface area contributed by atoms with Crippen LogP contribution in [0.3, 0.4) is 0 Å². The molecule has 2 N–H and O–H groups in total. The number of benzene rings is 1. The normalized spacial score (nSPS) is 14.0. The van der Waals surface area contributed by atoms with Crippen LogP contribution in [-0.4, -0.2) is 24.4 Å². The molecule has 5 nitrogen and oxygen atoms in total. The van der Waals surface area contributed by atoms with E-state index in [1.807, 2.05) is 18.4 Å². The predicted molar refractivity (Wildman–Crippen MR) is 78.9 cm³/mol. The summed E-state index contributed by atoms with van der Waals surface area (Å²) in [6.07, 6.45) is -0.692. The molecule has 0 saturated carbocycles. The van der Waals surface area contributed by atoms with Gasteiger partial charge in [-0.1, -0.05) is 0 Å². The Morgan fingerprint density at radius 1 is 1.38 bits per heavy atom. The summed E-state index contributed by atoms with van der Waals surface area (Å²) >= 11 is 1.48. The van der Waals surface area contributed by atoms with E-state index in [0.29, 0.717) is 17.1 Å². The summed E-state index contributed by atoms with van der Waals surface area (Å²) in [7, 11) is 0. The van der Waals surface area contributed by atoms with E-state index in [9.17, 15) is 9.90 Å². The quantitative estimate of drug-likeness (QED) is 0.909. The molecule has 0 spiro atoms. The third-order valence-corrected chi connectivity index (χ3v) is 4.42. The second-order valence-corrected chi connectivity index (χ2v) is 5.71. The van der Waals surface area contributed by atoms with E-state index in [1.165, 1.54) is 11.3 Å². The fourth-order valence-electron chi connectivity index (χ4n) is 2.15. The highest BCUT2D eigenvalue weighted by Crippen LogP contribution is 2.32. The maximum absolute atomic E-state index is 12.1. The molecule has 21 heavy (non-hydrogen) atoms. The van der Waals surface area contributed by atoms with Crippen molar-refractivity contribution in [2.75, 3.05) is 13.3 Å². The van der Waals surface area contributed by atoms with Gasteiger partial charge < -0.3 is 19.9 Å². The Kier molecular flexibility index (Phi) is 3.81. The number of aliphatic hydroxyl groups is 1. The average molecular weight is 305 g/mol.